The number of likely N-dealkylation sites (tertiary alicyclic amines) is 2. The summed E-state index contributed by atoms with van der Waals surface area (Å²) in [6.07, 6.45) is 5.13. The highest BCUT2D eigenvalue weighted by molar-refractivity contribution is 5.95. The van der Waals surface area contributed by atoms with Crippen LogP contribution in [0.3, 0.4) is 0 Å². The second-order valence-corrected chi connectivity index (χ2v) is 13.9. The van der Waals surface area contributed by atoms with Crippen molar-refractivity contribution in [1.82, 2.24) is 35.2 Å². The molecule has 248 valence electrons. The van der Waals surface area contributed by atoms with Crippen molar-refractivity contribution in [2.24, 2.45) is 22.7 Å². The Bertz CT molecular complexity index is 1620. The van der Waals surface area contributed by atoms with Gasteiger partial charge in [-0.2, -0.15) is 5.10 Å². The molecule has 0 bridgehead atoms. The van der Waals surface area contributed by atoms with Crippen LogP contribution >= 0.6 is 0 Å². The summed E-state index contributed by atoms with van der Waals surface area (Å²) in [5.74, 6) is -1.50. The van der Waals surface area contributed by atoms with Gasteiger partial charge in [-0.15, -0.1) is 0 Å². The molecule has 3 fully saturated rings. The molecule has 0 radical (unpaired) electrons. The summed E-state index contributed by atoms with van der Waals surface area (Å²) in [5.41, 5.74) is 1.56. The SMILES string of the molecule is CNC(=O)[C@@H](NC(=O)C1CN(C(=O)c2cnn(Cc3ccccc3)c2)CC12CN(C(=O)[C@H]1CC1(C)C)C2)[C@@H](C)OCc1ccccn1. The molecule has 1 saturated carbocycles. The van der Waals surface area contributed by atoms with E-state index in [4.69, 9.17) is 4.74 Å². The number of nitrogens with zero attached hydrogens (tertiary/aromatic N) is 5. The Labute approximate surface area is 274 Å². The lowest BCUT2D eigenvalue weighted by atomic mass is 9.70. The number of pyridine rings is 1. The van der Waals surface area contributed by atoms with Crippen LogP contribution in [0.4, 0.5) is 0 Å². The summed E-state index contributed by atoms with van der Waals surface area (Å²) in [6.45, 7) is 7.85. The standard InChI is InChI=1S/C35H43N7O5/c1-23(47-19-26-12-8-9-13-37-26)29(31(44)36-4)39-30(43)28-18-40(20-35(28)21-41(22-35)33(46)27-14-34(27,2)3)32(45)25-15-38-42(17-25)16-24-10-6-5-7-11-24/h5-13,15,17,23,27-29H,14,16,18-22H2,1-4H3,(H,36,44)(H,39,43)/t23-,27-,28?,29+/m1/s1. The number of aromatic nitrogens is 3. The third-order valence-electron chi connectivity index (χ3n) is 9.97. The van der Waals surface area contributed by atoms with Crippen LogP contribution in [0.25, 0.3) is 0 Å². The van der Waals surface area contributed by atoms with Crippen molar-refractivity contribution in [3.8, 4) is 0 Å². The number of carbonyl (C=O) groups is 4. The van der Waals surface area contributed by atoms with E-state index in [1.165, 1.54) is 7.05 Å². The van der Waals surface area contributed by atoms with E-state index in [1.807, 2.05) is 53.4 Å². The van der Waals surface area contributed by atoms with Crippen molar-refractivity contribution in [2.75, 3.05) is 33.2 Å². The first kappa shape index (κ1) is 32.4. The highest BCUT2D eigenvalue weighted by atomic mass is 16.5. The molecule has 4 amide bonds. The molecule has 4 atom stereocenters. The largest absolute Gasteiger partial charge is 0.370 e. The van der Waals surface area contributed by atoms with E-state index in [1.54, 1.807) is 35.1 Å². The van der Waals surface area contributed by atoms with E-state index in [9.17, 15) is 19.2 Å². The average molecular weight is 642 g/mol. The van der Waals surface area contributed by atoms with E-state index in [2.05, 4.69) is 34.6 Å². The van der Waals surface area contributed by atoms with Gasteiger partial charge >= 0.3 is 0 Å². The molecule has 2 aliphatic heterocycles. The van der Waals surface area contributed by atoms with Crippen LogP contribution in [0.1, 0.15) is 48.8 Å². The number of amides is 4. The zero-order chi connectivity index (χ0) is 33.3. The smallest absolute Gasteiger partial charge is 0.257 e. The molecule has 1 aliphatic carbocycles. The molecule has 2 saturated heterocycles. The zero-order valence-corrected chi connectivity index (χ0v) is 27.4. The fraction of sp³-hybridized carbons (Fsp3) is 0.486. The van der Waals surface area contributed by atoms with E-state index >= 15 is 0 Å². The van der Waals surface area contributed by atoms with Crippen LogP contribution in [-0.2, 0) is 32.3 Å². The Balaban J connectivity index is 1.18. The number of nitrogens with one attached hydrogen (secondary N) is 2. The van der Waals surface area contributed by atoms with Crippen LogP contribution in [-0.4, -0.2) is 93.6 Å². The molecule has 47 heavy (non-hydrogen) atoms. The van der Waals surface area contributed by atoms with E-state index in [0.717, 1.165) is 12.0 Å². The van der Waals surface area contributed by atoms with Crippen LogP contribution in [0.2, 0.25) is 0 Å². The lowest BCUT2D eigenvalue weighted by Gasteiger charge is -2.50. The fourth-order valence-corrected chi connectivity index (χ4v) is 6.90. The zero-order valence-electron chi connectivity index (χ0n) is 27.4. The molecule has 4 heterocycles. The number of hydrogen-bond acceptors (Lipinski definition) is 7. The van der Waals surface area contributed by atoms with E-state index < -0.39 is 23.5 Å². The first-order valence-electron chi connectivity index (χ1n) is 16.2. The molecule has 1 spiro atoms. The predicted molar refractivity (Wildman–Crippen MR) is 173 cm³/mol. The van der Waals surface area contributed by atoms with Crippen molar-refractivity contribution >= 4 is 23.6 Å². The van der Waals surface area contributed by atoms with Crippen molar-refractivity contribution < 1.29 is 23.9 Å². The summed E-state index contributed by atoms with van der Waals surface area (Å²) in [7, 11) is 1.51. The number of hydrogen-bond donors (Lipinski definition) is 2. The topological polar surface area (TPSA) is 139 Å². The van der Waals surface area contributed by atoms with Gasteiger partial charge in [0, 0.05) is 57.0 Å². The third-order valence-corrected chi connectivity index (χ3v) is 9.97. The molecule has 3 aliphatic rings. The van der Waals surface area contributed by atoms with Gasteiger partial charge in [-0.1, -0.05) is 50.2 Å². The fourth-order valence-electron chi connectivity index (χ4n) is 6.90. The lowest BCUT2D eigenvalue weighted by molar-refractivity contribution is -0.152. The predicted octanol–water partition coefficient (Wildman–Crippen LogP) is 2.11. The quantitative estimate of drug-likeness (QED) is 0.327. The van der Waals surface area contributed by atoms with Gasteiger partial charge in [0.15, 0.2) is 0 Å². The van der Waals surface area contributed by atoms with E-state index in [-0.39, 0.29) is 48.1 Å². The van der Waals surface area contributed by atoms with Gasteiger partial charge < -0.3 is 25.2 Å². The van der Waals surface area contributed by atoms with E-state index in [0.29, 0.717) is 37.4 Å². The highest BCUT2D eigenvalue weighted by Crippen LogP contribution is 2.54. The first-order valence-corrected chi connectivity index (χ1v) is 16.2. The Morgan fingerprint density at radius 2 is 1.70 bits per heavy atom. The number of rotatable bonds is 11. The number of carbonyl (C=O) groups excluding carboxylic acids is 4. The van der Waals surface area contributed by atoms with Gasteiger partial charge in [0.05, 0.1) is 42.6 Å². The summed E-state index contributed by atoms with van der Waals surface area (Å²) >= 11 is 0. The van der Waals surface area contributed by atoms with Gasteiger partial charge in [-0.25, -0.2) is 0 Å². The molecule has 12 heteroatoms. The normalized spacial score (nSPS) is 21.9. The number of benzene rings is 1. The summed E-state index contributed by atoms with van der Waals surface area (Å²) in [6, 6.07) is 14.4. The molecule has 3 aromatic rings. The second kappa shape index (κ2) is 12.9. The van der Waals surface area contributed by atoms with Gasteiger partial charge in [0.25, 0.3) is 5.91 Å². The van der Waals surface area contributed by atoms with Crippen molar-refractivity contribution in [2.45, 2.75) is 52.5 Å². The van der Waals surface area contributed by atoms with Gasteiger partial charge in [0.1, 0.15) is 6.04 Å². The minimum atomic E-state index is -0.973. The maximum atomic E-state index is 14.1. The lowest BCUT2D eigenvalue weighted by Crippen LogP contribution is -2.65. The second-order valence-electron chi connectivity index (χ2n) is 13.9. The highest BCUT2D eigenvalue weighted by Gasteiger charge is 2.62. The molecule has 2 aromatic heterocycles. The van der Waals surface area contributed by atoms with Gasteiger partial charge in [-0.05, 0) is 36.5 Å². The maximum absolute atomic E-state index is 14.1. The summed E-state index contributed by atoms with van der Waals surface area (Å²) in [4.78, 5) is 61.9. The summed E-state index contributed by atoms with van der Waals surface area (Å²) in [5, 5.41) is 9.97. The number of ether oxygens (including phenoxy) is 1. The first-order chi connectivity index (χ1) is 22.5. The van der Waals surface area contributed by atoms with Crippen LogP contribution in [0.15, 0.2) is 67.1 Å². The van der Waals surface area contributed by atoms with Crippen LogP contribution in [0, 0.1) is 22.7 Å². The average Bonchev–Trinajstić information content (AvgIpc) is 3.37. The Morgan fingerprint density at radius 1 is 1.00 bits per heavy atom. The van der Waals surface area contributed by atoms with Gasteiger partial charge in [0.2, 0.25) is 17.7 Å². The molecule has 1 unspecified atom stereocenters. The van der Waals surface area contributed by atoms with Gasteiger partial charge in [-0.3, -0.25) is 28.8 Å². The maximum Gasteiger partial charge on any atom is 0.257 e. The molecular formula is C35H43N7O5. The Hall–Kier alpha value is -4.58. The monoisotopic (exact) mass is 641 g/mol. The molecule has 2 N–H and O–H groups in total. The minimum absolute atomic E-state index is 0.0136. The molecular weight excluding hydrogens is 598 g/mol. The molecule has 12 nitrogen and oxygen atoms in total. The summed E-state index contributed by atoms with van der Waals surface area (Å²) < 4.78 is 7.69. The minimum Gasteiger partial charge on any atom is -0.370 e. The Kier molecular flexibility index (Phi) is 8.88. The number of likely N-dealkylation sites (N-methyl/N-ethyl adjacent to an activating group) is 1. The van der Waals surface area contributed by atoms with Crippen LogP contribution < -0.4 is 10.6 Å². The Morgan fingerprint density at radius 3 is 2.36 bits per heavy atom. The third kappa shape index (κ3) is 6.78. The van der Waals surface area contributed by atoms with Crippen LogP contribution in [0.5, 0.6) is 0 Å². The molecule has 1 aromatic carbocycles. The van der Waals surface area contributed by atoms with Crippen molar-refractivity contribution in [3.05, 3.63) is 83.9 Å². The molecule has 6 rings (SSSR count). The van der Waals surface area contributed by atoms with Crippen molar-refractivity contribution in [3.63, 3.8) is 0 Å². The van der Waals surface area contributed by atoms with Crippen molar-refractivity contribution in [1.29, 1.82) is 0 Å².